The van der Waals surface area contributed by atoms with Gasteiger partial charge in [0.05, 0.1) is 6.54 Å². The van der Waals surface area contributed by atoms with E-state index >= 15 is 0 Å². The highest BCUT2D eigenvalue weighted by Gasteiger charge is 2.06. The molecule has 0 saturated heterocycles. The van der Waals surface area contributed by atoms with Gasteiger partial charge in [0, 0.05) is 12.2 Å². The third kappa shape index (κ3) is 5.61. The average molecular weight is 277 g/mol. The van der Waals surface area contributed by atoms with Crippen LogP contribution in [0.25, 0.3) is 0 Å². The summed E-state index contributed by atoms with van der Waals surface area (Å²) in [6.07, 6.45) is 1.94. The van der Waals surface area contributed by atoms with Gasteiger partial charge in [-0.25, -0.2) is 0 Å². The third-order valence-corrected chi connectivity index (χ3v) is 3.27. The first-order chi connectivity index (χ1) is 9.54. The molecule has 0 saturated carbocycles. The summed E-state index contributed by atoms with van der Waals surface area (Å²) in [5.41, 5.74) is 3.54. The zero-order chi connectivity index (χ0) is 15.0. The number of rotatable bonds is 8. The van der Waals surface area contributed by atoms with Crippen LogP contribution in [0.5, 0.6) is 0 Å². The fraction of sp³-hybridized carbons (Fsp3) is 0.562. The van der Waals surface area contributed by atoms with Crippen molar-refractivity contribution in [3.63, 3.8) is 0 Å². The van der Waals surface area contributed by atoms with E-state index in [1.54, 1.807) is 0 Å². The lowest BCUT2D eigenvalue weighted by molar-refractivity contribution is -0.119. The Hall–Kier alpha value is -1.55. The minimum atomic E-state index is 0.0501. The lowest BCUT2D eigenvalue weighted by Gasteiger charge is -2.14. The molecule has 0 fully saturated rings. The number of carbonyl (C=O) groups excluding carboxylic acids is 1. The maximum atomic E-state index is 11.8. The van der Waals surface area contributed by atoms with Gasteiger partial charge in [-0.3, -0.25) is 4.79 Å². The monoisotopic (exact) mass is 277 g/mol. The van der Waals surface area contributed by atoms with Gasteiger partial charge in [-0.05, 0) is 51.5 Å². The van der Waals surface area contributed by atoms with Gasteiger partial charge >= 0.3 is 0 Å². The molecule has 4 heteroatoms. The van der Waals surface area contributed by atoms with Gasteiger partial charge in [0.15, 0.2) is 0 Å². The number of hydrogen-bond acceptors (Lipinski definition) is 3. The minimum absolute atomic E-state index is 0.0501. The van der Waals surface area contributed by atoms with Crippen molar-refractivity contribution in [3.05, 3.63) is 29.3 Å². The quantitative estimate of drug-likeness (QED) is 0.715. The molecule has 1 aromatic carbocycles. The van der Waals surface area contributed by atoms with E-state index in [-0.39, 0.29) is 5.91 Å². The van der Waals surface area contributed by atoms with Gasteiger partial charge in [0.25, 0.3) is 0 Å². The number of benzene rings is 1. The highest BCUT2D eigenvalue weighted by atomic mass is 16.1. The second kappa shape index (κ2) is 8.59. The van der Waals surface area contributed by atoms with Crippen LogP contribution in [0.4, 0.5) is 5.69 Å². The van der Waals surface area contributed by atoms with Gasteiger partial charge in [0.1, 0.15) is 0 Å². The molecule has 0 aliphatic carbocycles. The molecule has 0 radical (unpaired) electrons. The SMILES string of the molecule is CCc1cccc(C)c1NCC(=O)NCCCN(C)C. The summed E-state index contributed by atoms with van der Waals surface area (Å²) < 4.78 is 0. The zero-order valence-electron chi connectivity index (χ0n) is 13.1. The van der Waals surface area contributed by atoms with Crippen molar-refractivity contribution in [2.24, 2.45) is 0 Å². The van der Waals surface area contributed by atoms with E-state index in [9.17, 15) is 4.79 Å². The molecule has 1 rings (SSSR count). The molecule has 0 aliphatic heterocycles. The smallest absolute Gasteiger partial charge is 0.239 e. The standard InChI is InChI=1S/C16H27N3O/c1-5-14-9-6-8-13(2)16(14)18-12-15(20)17-10-7-11-19(3)4/h6,8-9,18H,5,7,10-12H2,1-4H3,(H,17,20). The molecule has 4 nitrogen and oxygen atoms in total. The number of nitrogens with zero attached hydrogens (tertiary/aromatic N) is 1. The van der Waals surface area contributed by atoms with Crippen LogP contribution in [-0.2, 0) is 11.2 Å². The molecule has 0 atom stereocenters. The second-order valence-corrected chi connectivity index (χ2v) is 5.32. The van der Waals surface area contributed by atoms with Crippen LogP contribution in [0, 0.1) is 6.92 Å². The molecule has 1 aromatic rings. The number of para-hydroxylation sites is 1. The van der Waals surface area contributed by atoms with Crippen LogP contribution < -0.4 is 10.6 Å². The fourth-order valence-corrected chi connectivity index (χ4v) is 2.13. The lowest BCUT2D eigenvalue weighted by Crippen LogP contribution is -2.32. The predicted molar refractivity (Wildman–Crippen MR) is 85.2 cm³/mol. The van der Waals surface area contributed by atoms with E-state index in [1.807, 2.05) is 14.1 Å². The molecular formula is C16H27N3O. The Labute approximate surface area is 122 Å². The summed E-state index contributed by atoms with van der Waals surface area (Å²) in [4.78, 5) is 13.9. The molecule has 0 aliphatic rings. The first-order valence-corrected chi connectivity index (χ1v) is 7.28. The Kier molecular flexibility index (Phi) is 7.09. The number of anilines is 1. The molecule has 0 heterocycles. The van der Waals surface area contributed by atoms with E-state index in [0.717, 1.165) is 31.6 Å². The van der Waals surface area contributed by atoms with E-state index in [0.29, 0.717) is 6.54 Å². The fourth-order valence-electron chi connectivity index (χ4n) is 2.13. The average Bonchev–Trinajstić information content (AvgIpc) is 2.41. The predicted octanol–water partition coefficient (Wildman–Crippen LogP) is 2.04. The Bertz CT molecular complexity index is 430. The van der Waals surface area contributed by atoms with Gasteiger partial charge in [-0.2, -0.15) is 0 Å². The van der Waals surface area contributed by atoms with E-state index in [4.69, 9.17) is 0 Å². The number of aryl methyl sites for hydroxylation is 2. The number of hydrogen-bond donors (Lipinski definition) is 2. The Morgan fingerprint density at radius 1 is 1.30 bits per heavy atom. The summed E-state index contributed by atoms with van der Waals surface area (Å²) in [5.74, 6) is 0.0501. The Morgan fingerprint density at radius 3 is 2.70 bits per heavy atom. The zero-order valence-corrected chi connectivity index (χ0v) is 13.1. The first-order valence-electron chi connectivity index (χ1n) is 7.28. The summed E-state index contributed by atoms with van der Waals surface area (Å²) in [5, 5.41) is 6.20. The van der Waals surface area contributed by atoms with Crippen molar-refractivity contribution in [2.75, 3.05) is 39.0 Å². The highest BCUT2D eigenvalue weighted by Crippen LogP contribution is 2.20. The summed E-state index contributed by atoms with van der Waals surface area (Å²) in [6, 6.07) is 6.22. The molecule has 0 unspecified atom stereocenters. The molecule has 0 aromatic heterocycles. The molecule has 20 heavy (non-hydrogen) atoms. The van der Waals surface area contributed by atoms with Crippen LogP contribution in [0.3, 0.4) is 0 Å². The van der Waals surface area contributed by atoms with Crippen LogP contribution in [-0.4, -0.2) is 44.5 Å². The Balaban J connectivity index is 2.38. The summed E-state index contributed by atoms with van der Waals surface area (Å²) in [6.45, 7) is 6.25. The minimum Gasteiger partial charge on any atom is -0.376 e. The highest BCUT2D eigenvalue weighted by molar-refractivity contribution is 5.81. The molecule has 112 valence electrons. The number of amides is 1. The van der Waals surface area contributed by atoms with Gasteiger partial charge in [-0.1, -0.05) is 25.1 Å². The van der Waals surface area contributed by atoms with Gasteiger partial charge in [0.2, 0.25) is 5.91 Å². The summed E-state index contributed by atoms with van der Waals surface area (Å²) >= 11 is 0. The molecule has 0 spiro atoms. The first kappa shape index (κ1) is 16.5. The molecule has 0 bridgehead atoms. The van der Waals surface area contributed by atoms with Crippen LogP contribution in [0.1, 0.15) is 24.5 Å². The van der Waals surface area contributed by atoms with Crippen LogP contribution in [0.2, 0.25) is 0 Å². The number of nitrogens with one attached hydrogen (secondary N) is 2. The van der Waals surface area contributed by atoms with Gasteiger partial charge in [-0.15, -0.1) is 0 Å². The Morgan fingerprint density at radius 2 is 2.05 bits per heavy atom. The van der Waals surface area contributed by atoms with E-state index < -0.39 is 0 Å². The van der Waals surface area contributed by atoms with Gasteiger partial charge < -0.3 is 15.5 Å². The van der Waals surface area contributed by atoms with Crippen molar-refractivity contribution < 1.29 is 4.79 Å². The number of carbonyl (C=O) groups is 1. The molecule has 1 amide bonds. The maximum Gasteiger partial charge on any atom is 0.239 e. The van der Waals surface area contributed by atoms with Crippen molar-refractivity contribution in [1.29, 1.82) is 0 Å². The van der Waals surface area contributed by atoms with Crippen LogP contribution in [0.15, 0.2) is 18.2 Å². The molecule has 2 N–H and O–H groups in total. The maximum absolute atomic E-state index is 11.8. The van der Waals surface area contributed by atoms with Crippen molar-refractivity contribution in [2.45, 2.75) is 26.7 Å². The van der Waals surface area contributed by atoms with Crippen molar-refractivity contribution >= 4 is 11.6 Å². The van der Waals surface area contributed by atoms with Crippen molar-refractivity contribution in [3.8, 4) is 0 Å². The van der Waals surface area contributed by atoms with Crippen LogP contribution >= 0.6 is 0 Å². The third-order valence-electron chi connectivity index (χ3n) is 3.27. The summed E-state index contributed by atoms with van der Waals surface area (Å²) in [7, 11) is 4.07. The normalized spacial score (nSPS) is 10.7. The second-order valence-electron chi connectivity index (χ2n) is 5.32. The largest absolute Gasteiger partial charge is 0.376 e. The van der Waals surface area contributed by atoms with E-state index in [1.165, 1.54) is 11.1 Å². The van der Waals surface area contributed by atoms with Crippen molar-refractivity contribution in [1.82, 2.24) is 10.2 Å². The molecular weight excluding hydrogens is 250 g/mol. The lowest BCUT2D eigenvalue weighted by atomic mass is 10.1. The topological polar surface area (TPSA) is 44.4 Å². The van der Waals surface area contributed by atoms with E-state index in [2.05, 4.69) is 47.6 Å².